The number of pyridine rings is 1. The average Bonchev–Trinajstić information content (AvgIpc) is 2.55. The molecule has 0 aromatic carbocycles. The summed E-state index contributed by atoms with van der Waals surface area (Å²) in [5.74, 6) is 0. The lowest BCUT2D eigenvalue weighted by molar-refractivity contribution is -0.507. The second kappa shape index (κ2) is 8.34. The summed E-state index contributed by atoms with van der Waals surface area (Å²) in [4.78, 5) is 14.0. The number of aromatic nitrogens is 1. The summed E-state index contributed by atoms with van der Waals surface area (Å²) >= 11 is 0. The van der Waals surface area contributed by atoms with Gasteiger partial charge in [-0.05, 0) is 24.6 Å². The first kappa shape index (κ1) is 18.7. The lowest BCUT2D eigenvalue weighted by Crippen LogP contribution is -2.30. The summed E-state index contributed by atoms with van der Waals surface area (Å²) in [6, 6.07) is 1.89. The van der Waals surface area contributed by atoms with Gasteiger partial charge in [0.15, 0.2) is 0 Å². The van der Waals surface area contributed by atoms with Crippen LogP contribution >= 0.6 is 0 Å². The molecule has 9 nitrogen and oxygen atoms in total. The van der Waals surface area contributed by atoms with Crippen LogP contribution in [-0.4, -0.2) is 41.8 Å². The van der Waals surface area contributed by atoms with Crippen LogP contribution in [0.2, 0.25) is 0 Å². The molecule has 0 bridgehead atoms. The topological polar surface area (TPSA) is 135 Å². The molecule has 126 valence electrons. The van der Waals surface area contributed by atoms with Gasteiger partial charge >= 0.3 is 0 Å². The SMILES string of the molecule is CCC(=CC(CNS(=O)(=O)c1cccnc1)=NO)C(C)[N+](=O)[O-]. The van der Waals surface area contributed by atoms with Crippen LogP contribution in [0.3, 0.4) is 0 Å². The Morgan fingerprint density at radius 2 is 2.30 bits per heavy atom. The molecule has 0 fully saturated rings. The lowest BCUT2D eigenvalue weighted by atomic mass is 10.0. The average molecular weight is 342 g/mol. The Morgan fingerprint density at radius 1 is 1.61 bits per heavy atom. The van der Waals surface area contributed by atoms with E-state index in [4.69, 9.17) is 5.21 Å². The number of oxime groups is 1. The molecule has 0 saturated heterocycles. The molecule has 1 atom stereocenters. The molecule has 0 amide bonds. The molecular formula is C13H18N4O5S. The molecule has 1 aromatic heterocycles. The Bertz CT molecular complexity index is 700. The molecule has 1 heterocycles. The van der Waals surface area contributed by atoms with Crippen LogP contribution in [0.15, 0.2) is 46.2 Å². The Kier molecular flexibility index (Phi) is 6.79. The van der Waals surface area contributed by atoms with Gasteiger partial charge in [0, 0.05) is 29.8 Å². The third kappa shape index (κ3) is 5.42. The van der Waals surface area contributed by atoms with E-state index in [9.17, 15) is 18.5 Å². The number of nitro groups is 1. The maximum atomic E-state index is 12.0. The first-order valence-electron chi connectivity index (χ1n) is 6.76. The van der Waals surface area contributed by atoms with Crippen LogP contribution in [0, 0.1) is 10.1 Å². The number of rotatable bonds is 8. The zero-order chi connectivity index (χ0) is 17.5. The molecule has 0 spiro atoms. The van der Waals surface area contributed by atoms with Crippen LogP contribution in [0.1, 0.15) is 20.3 Å². The highest BCUT2D eigenvalue weighted by Crippen LogP contribution is 2.11. The van der Waals surface area contributed by atoms with E-state index in [0.717, 1.165) is 0 Å². The summed E-state index contributed by atoms with van der Waals surface area (Å²) in [7, 11) is -3.81. The maximum Gasteiger partial charge on any atom is 0.242 e. The van der Waals surface area contributed by atoms with Crippen molar-refractivity contribution in [1.82, 2.24) is 9.71 Å². The molecular weight excluding hydrogens is 324 g/mol. The summed E-state index contributed by atoms with van der Waals surface area (Å²) in [5.41, 5.74) is 0.395. The van der Waals surface area contributed by atoms with Gasteiger partial charge in [0.1, 0.15) is 4.90 Å². The van der Waals surface area contributed by atoms with Gasteiger partial charge in [-0.3, -0.25) is 15.1 Å². The van der Waals surface area contributed by atoms with E-state index in [1.807, 2.05) is 0 Å². The third-order valence-electron chi connectivity index (χ3n) is 3.13. The van der Waals surface area contributed by atoms with E-state index in [1.165, 1.54) is 37.5 Å². The van der Waals surface area contributed by atoms with Gasteiger partial charge in [0.05, 0.1) is 12.3 Å². The van der Waals surface area contributed by atoms with Crippen molar-refractivity contribution in [3.63, 3.8) is 0 Å². The van der Waals surface area contributed by atoms with E-state index in [0.29, 0.717) is 12.0 Å². The fourth-order valence-electron chi connectivity index (χ4n) is 1.74. The number of sulfonamides is 1. The molecule has 1 aromatic rings. The molecule has 0 aliphatic heterocycles. The third-order valence-corrected chi connectivity index (χ3v) is 4.52. The van der Waals surface area contributed by atoms with Crippen molar-refractivity contribution in [2.75, 3.05) is 6.54 Å². The maximum absolute atomic E-state index is 12.0. The number of hydrogen-bond donors (Lipinski definition) is 2. The zero-order valence-corrected chi connectivity index (χ0v) is 13.5. The summed E-state index contributed by atoms with van der Waals surface area (Å²) in [5, 5.41) is 22.8. The molecule has 2 N–H and O–H groups in total. The minimum Gasteiger partial charge on any atom is -0.411 e. The smallest absolute Gasteiger partial charge is 0.242 e. The highest BCUT2D eigenvalue weighted by Gasteiger charge is 2.19. The Morgan fingerprint density at radius 3 is 2.78 bits per heavy atom. The molecule has 0 aliphatic rings. The van der Waals surface area contributed by atoms with Gasteiger partial charge in [-0.1, -0.05) is 12.1 Å². The van der Waals surface area contributed by atoms with Gasteiger partial charge in [0.25, 0.3) is 0 Å². The predicted molar refractivity (Wildman–Crippen MR) is 83.5 cm³/mol. The predicted octanol–water partition coefficient (Wildman–Crippen LogP) is 1.19. The Hall–Kier alpha value is -2.33. The van der Waals surface area contributed by atoms with Crippen molar-refractivity contribution in [2.24, 2.45) is 5.16 Å². The van der Waals surface area contributed by atoms with Gasteiger partial charge in [-0.15, -0.1) is 0 Å². The van der Waals surface area contributed by atoms with E-state index in [-0.39, 0.29) is 17.2 Å². The van der Waals surface area contributed by atoms with Gasteiger partial charge < -0.3 is 5.21 Å². The van der Waals surface area contributed by atoms with Crippen molar-refractivity contribution in [3.05, 3.63) is 46.3 Å². The van der Waals surface area contributed by atoms with E-state index >= 15 is 0 Å². The first-order valence-corrected chi connectivity index (χ1v) is 8.24. The molecule has 0 saturated carbocycles. The fraction of sp³-hybridized carbons (Fsp3) is 0.385. The molecule has 0 aliphatic carbocycles. The number of hydrogen-bond acceptors (Lipinski definition) is 7. The van der Waals surface area contributed by atoms with Crippen molar-refractivity contribution in [1.29, 1.82) is 0 Å². The summed E-state index contributed by atoms with van der Waals surface area (Å²) in [6.07, 6.45) is 4.31. The van der Waals surface area contributed by atoms with Gasteiger partial charge in [-0.25, -0.2) is 13.1 Å². The second-order valence-electron chi connectivity index (χ2n) is 4.64. The monoisotopic (exact) mass is 342 g/mol. The molecule has 0 radical (unpaired) electrons. The fourth-order valence-corrected chi connectivity index (χ4v) is 2.70. The molecule has 1 rings (SSSR count). The van der Waals surface area contributed by atoms with Gasteiger partial charge in [0.2, 0.25) is 16.1 Å². The molecule has 23 heavy (non-hydrogen) atoms. The molecule has 10 heteroatoms. The van der Waals surface area contributed by atoms with Crippen LogP contribution < -0.4 is 4.72 Å². The highest BCUT2D eigenvalue weighted by atomic mass is 32.2. The Balaban J connectivity index is 2.88. The highest BCUT2D eigenvalue weighted by molar-refractivity contribution is 7.89. The standard InChI is InChI=1S/C13H18N4O5S/c1-3-11(10(2)17(19)20)7-12(16-18)8-15-23(21,22)13-5-4-6-14-9-13/h4-7,9-10,15,18H,3,8H2,1-2H3. The molecule has 1 unspecified atom stereocenters. The van der Waals surface area contributed by atoms with E-state index in [1.54, 1.807) is 6.92 Å². The van der Waals surface area contributed by atoms with Gasteiger partial charge in [-0.2, -0.15) is 0 Å². The summed E-state index contributed by atoms with van der Waals surface area (Å²) < 4.78 is 26.3. The normalized spacial score (nSPS) is 14.5. The first-order chi connectivity index (χ1) is 10.8. The van der Waals surface area contributed by atoms with E-state index < -0.39 is 21.0 Å². The number of nitrogens with one attached hydrogen (secondary N) is 1. The minimum absolute atomic E-state index is 0.0250. The van der Waals surface area contributed by atoms with Crippen LogP contribution in [-0.2, 0) is 10.0 Å². The second-order valence-corrected chi connectivity index (χ2v) is 6.41. The van der Waals surface area contributed by atoms with E-state index in [2.05, 4.69) is 14.9 Å². The number of nitrogens with zero attached hydrogens (tertiary/aromatic N) is 3. The Labute approximate surface area is 133 Å². The summed E-state index contributed by atoms with van der Waals surface area (Å²) in [6.45, 7) is 2.83. The van der Waals surface area contributed by atoms with Crippen LogP contribution in [0.25, 0.3) is 0 Å². The van der Waals surface area contributed by atoms with Crippen molar-refractivity contribution in [3.8, 4) is 0 Å². The van der Waals surface area contributed by atoms with Crippen LogP contribution in [0.4, 0.5) is 0 Å². The lowest BCUT2D eigenvalue weighted by Gasteiger charge is -2.09. The minimum atomic E-state index is -3.81. The quantitative estimate of drug-likeness (QED) is 0.315. The zero-order valence-electron chi connectivity index (χ0n) is 12.7. The largest absolute Gasteiger partial charge is 0.411 e. The van der Waals surface area contributed by atoms with Crippen molar-refractivity contribution in [2.45, 2.75) is 31.2 Å². The van der Waals surface area contributed by atoms with Crippen molar-refractivity contribution < 1.29 is 18.5 Å². The van der Waals surface area contributed by atoms with Crippen molar-refractivity contribution >= 4 is 15.7 Å². The van der Waals surface area contributed by atoms with Crippen LogP contribution in [0.5, 0.6) is 0 Å².